The van der Waals surface area contributed by atoms with Gasteiger partial charge >= 0.3 is 17.9 Å². The molecule has 20 N–H and O–H groups in total. The van der Waals surface area contributed by atoms with Crippen LogP contribution in [0.4, 0.5) is 0 Å². The first-order valence-corrected chi connectivity index (χ1v) is 27.4. The van der Waals surface area contributed by atoms with E-state index in [1.54, 1.807) is 55.4 Å². The molecule has 0 radical (unpaired) electrons. The van der Waals surface area contributed by atoms with Crippen molar-refractivity contribution in [2.75, 3.05) is 26.2 Å². The number of aliphatic carboxylic acids is 3. The van der Waals surface area contributed by atoms with Crippen LogP contribution in [0.25, 0.3) is 0 Å². The molecule has 460 valence electrons. The van der Waals surface area contributed by atoms with Crippen LogP contribution in [0.2, 0.25) is 0 Å². The maximum atomic E-state index is 14.6. The molecule has 0 aromatic rings. The number of carbonyl (C=O) groups is 12. The maximum Gasteiger partial charge on any atom is 0.326 e. The van der Waals surface area contributed by atoms with E-state index < -0.39 is 175 Å². The smallest absolute Gasteiger partial charge is 0.326 e. The number of amides is 9. The third kappa shape index (κ3) is 25.4. The number of carboxylic acid groups (broad SMARTS) is 3. The third-order valence-corrected chi connectivity index (χ3v) is 13.4. The predicted octanol–water partition coefficient (Wildman–Crippen LogP) is -3.81. The highest BCUT2D eigenvalue weighted by molar-refractivity contribution is 5.99. The number of carboxylic acids is 3. The predicted molar refractivity (Wildman–Crippen MR) is 293 cm³/mol. The number of carbonyl (C=O) groups excluding carboxylic acids is 9. The molecule has 0 spiro atoms. The SMILES string of the molecule is CC[C@H](C)[C@H](NC(=O)[C@H](CCCN=C(N)N)NC(=O)[C@@H]1CCCN1C(=O)[C@H](CCCCN)NC(=O)[C@H](CCC(=O)O)NC(=O)[C@H](CC(=O)O)NC(=O)[C@H](CC(C)C)NC(=O)[C@@H](N)CO)C(=O)N[C@H](C(=O)N[C@H](C(=O)O)C(C)C)C(C)C. The molecule has 1 rings (SSSR count). The monoisotopic (exact) mass is 1150 g/mol. The standard InChI is InChI=1S/C51H90N14O16/c1-9-28(8)40(48(78)62-38(26(4)5)47(77)63-39(27(6)7)50(80)81)64-43(73)30(15-12-20-56-51(54)55)58-46(76)35-16-13-21-65(35)49(79)32(14-10-11-19-52)59-42(72)31(17-18-36(67)68)57-45(75)34(23-37(69)70)61-44(74)33(22-25(2)3)60-41(71)29(53)24-66/h25-35,38-40,66H,9-24,52-53H2,1-8H3,(H,57,75)(H,58,76)(H,59,72)(H,60,71)(H,61,74)(H,62,78)(H,63,77)(H,64,73)(H,67,68)(H,69,70)(H,80,81)(H4,54,55,56)/t28-,29-,30-,31-,32-,33-,34-,35-,38-,39-,40-/m0/s1. The fourth-order valence-corrected chi connectivity index (χ4v) is 8.59. The van der Waals surface area contributed by atoms with Crippen molar-refractivity contribution in [3.63, 3.8) is 0 Å². The summed E-state index contributed by atoms with van der Waals surface area (Å²) in [6, 6.07) is -14.2. The van der Waals surface area contributed by atoms with E-state index in [2.05, 4.69) is 47.5 Å². The van der Waals surface area contributed by atoms with Gasteiger partial charge in [0.2, 0.25) is 53.2 Å². The van der Waals surface area contributed by atoms with E-state index in [1.165, 1.54) is 4.90 Å². The number of hydrogen-bond acceptors (Lipinski definition) is 16. The van der Waals surface area contributed by atoms with Crippen LogP contribution in [0.5, 0.6) is 0 Å². The number of nitrogens with two attached hydrogens (primary N) is 4. The van der Waals surface area contributed by atoms with Gasteiger partial charge in [0.05, 0.1) is 13.0 Å². The van der Waals surface area contributed by atoms with Crippen LogP contribution in [0, 0.1) is 23.7 Å². The van der Waals surface area contributed by atoms with E-state index in [-0.39, 0.29) is 76.5 Å². The second-order valence-electron chi connectivity index (χ2n) is 21.3. The topological polar surface area (TPSA) is 502 Å². The van der Waals surface area contributed by atoms with Crippen LogP contribution in [-0.4, -0.2) is 189 Å². The summed E-state index contributed by atoms with van der Waals surface area (Å²) in [7, 11) is 0. The largest absolute Gasteiger partial charge is 0.481 e. The highest BCUT2D eigenvalue weighted by atomic mass is 16.4. The zero-order valence-electron chi connectivity index (χ0n) is 47.8. The van der Waals surface area contributed by atoms with E-state index in [4.69, 9.17) is 22.9 Å². The Kier molecular flexibility index (Phi) is 32.1. The van der Waals surface area contributed by atoms with Gasteiger partial charge in [-0.25, -0.2) is 4.79 Å². The van der Waals surface area contributed by atoms with Crippen molar-refractivity contribution in [1.82, 2.24) is 47.4 Å². The molecule has 30 nitrogen and oxygen atoms in total. The number of aliphatic imine (C=N–C) groups is 1. The number of guanidine groups is 1. The Labute approximate surface area is 472 Å². The molecule has 0 aromatic carbocycles. The summed E-state index contributed by atoms with van der Waals surface area (Å²) in [6.07, 6.45) is -1.03. The van der Waals surface area contributed by atoms with Crippen molar-refractivity contribution >= 4 is 77.0 Å². The first kappa shape index (κ1) is 71.8. The van der Waals surface area contributed by atoms with Gasteiger partial charge in [0, 0.05) is 19.5 Å². The Morgan fingerprint density at radius 3 is 1.63 bits per heavy atom. The van der Waals surface area contributed by atoms with Crippen LogP contribution in [0.3, 0.4) is 0 Å². The number of likely N-dealkylation sites (tertiary alicyclic amines) is 1. The minimum atomic E-state index is -1.89. The zero-order chi connectivity index (χ0) is 61.8. The fraction of sp³-hybridized carbons (Fsp3) is 0.745. The molecule has 81 heavy (non-hydrogen) atoms. The van der Waals surface area contributed by atoms with E-state index in [9.17, 15) is 78.0 Å². The van der Waals surface area contributed by atoms with Crippen molar-refractivity contribution in [3.05, 3.63) is 0 Å². The number of hydrogen-bond donors (Lipinski definition) is 16. The highest BCUT2D eigenvalue weighted by Crippen LogP contribution is 2.22. The molecule has 1 saturated heterocycles. The summed E-state index contributed by atoms with van der Waals surface area (Å²) < 4.78 is 0. The number of aliphatic hydroxyl groups is 1. The lowest BCUT2D eigenvalue weighted by molar-refractivity contribution is -0.144. The molecule has 1 fully saturated rings. The summed E-state index contributed by atoms with van der Waals surface area (Å²) in [5.74, 6) is -14.5. The number of nitrogens with one attached hydrogen (secondary N) is 8. The second-order valence-corrected chi connectivity index (χ2v) is 21.3. The molecule has 30 heteroatoms. The molecule has 0 saturated carbocycles. The highest BCUT2D eigenvalue weighted by Gasteiger charge is 2.41. The third-order valence-electron chi connectivity index (χ3n) is 13.4. The molecular formula is C51H90N14O16. The van der Waals surface area contributed by atoms with Gasteiger partial charge in [-0.3, -0.25) is 57.7 Å². The van der Waals surface area contributed by atoms with E-state index in [1.807, 2.05) is 0 Å². The van der Waals surface area contributed by atoms with Crippen LogP contribution in [0.1, 0.15) is 132 Å². The molecule has 1 aliphatic heterocycles. The molecular weight excluding hydrogens is 1060 g/mol. The van der Waals surface area contributed by atoms with E-state index in [0.717, 1.165) is 0 Å². The van der Waals surface area contributed by atoms with Crippen molar-refractivity contribution in [2.45, 2.75) is 193 Å². The quantitative estimate of drug-likeness (QED) is 0.0160. The lowest BCUT2D eigenvalue weighted by Crippen LogP contribution is -2.61. The van der Waals surface area contributed by atoms with Gasteiger partial charge in [-0.2, -0.15) is 0 Å². The lowest BCUT2D eigenvalue weighted by atomic mass is 9.95. The number of rotatable bonds is 38. The van der Waals surface area contributed by atoms with E-state index in [0.29, 0.717) is 12.8 Å². The normalized spacial score (nSPS) is 16.9. The minimum absolute atomic E-state index is 0.00723. The summed E-state index contributed by atoms with van der Waals surface area (Å²) in [5.41, 5.74) is 22.4. The van der Waals surface area contributed by atoms with Crippen LogP contribution in [-0.2, 0) is 57.5 Å². The Morgan fingerprint density at radius 2 is 1.10 bits per heavy atom. The van der Waals surface area contributed by atoms with Crippen molar-refractivity contribution in [2.24, 2.45) is 51.6 Å². The molecule has 9 amide bonds. The van der Waals surface area contributed by atoms with Crippen LogP contribution < -0.4 is 65.5 Å². The molecule has 11 atom stereocenters. The van der Waals surface area contributed by atoms with Crippen molar-refractivity contribution < 1.29 is 78.0 Å². The average Bonchev–Trinajstić information content (AvgIpc) is 3.95. The zero-order valence-corrected chi connectivity index (χ0v) is 47.8. The summed E-state index contributed by atoms with van der Waals surface area (Å²) in [5, 5.41) is 58.3. The van der Waals surface area contributed by atoms with Gasteiger partial charge in [-0.1, -0.05) is 61.8 Å². The number of aliphatic hydroxyl groups excluding tert-OH is 1. The molecule has 0 unspecified atom stereocenters. The van der Waals surface area contributed by atoms with E-state index >= 15 is 0 Å². The van der Waals surface area contributed by atoms with Gasteiger partial charge in [-0.15, -0.1) is 0 Å². The molecule has 0 bridgehead atoms. The molecule has 0 aromatic heterocycles. The Hall–Kier alpha value is -7.21. The van der Waals surface area contributed by atoms with Crippen LogP contribution >= 0.6 is 0 Å². The molecule has 1 heterocycles. The van der Waals surface area contributed by atoms with Crippen molar-refractivity contribution in [3.8, 4) is 0 Å². The Morgan fingerprint density at radius 1 is 0.593 bits per heavy atom. The molecule has 1 aliphatic rings. The minimum Gasteiger partial charge on any atom is -0.481 e. The summed E-state index contributed by atoms with van der Waals surface area (Å²) >= 11 is 0. The van der Waals surface area contributed by atoms with Crippen molar-refractivity contribution in [1.29, 1.82) is 0 Å². The second kappa shape index (κ2) is 36.2. The van der Waals surface area contributed by atoms with Gasteiger partial charge in [0.25, 0.3) is 0 Å². The fourth-order valence-electron chi connectivity index (χ4n) is 8.59. The van der Waals surface area contributed by atoms with Crippen LogP contribution in [0.15, 0.2) is 4.99 Å². The van der Waals surface area contributed by atoms with Gasteiger partial charge < -0.3 is 90.8 Å². The Balaban J connectivity index is 3.61. The first-order chi connectivity index (χ1) is 37.9. The average molecular weight is 1160 g/mol. The van der Waals surface area contributed by atoms with Gasteiger partial charge in [-0.05, 0) is 88.0 Å². The maximum absolute atomic E-state index is 14.6. The number of nitrogens with zero attached hydrogens (tertiary/aromatic N) is 2. The molecule has 0 aliphatic carbocycles. The van der Waals surface area contributed by atoms with Gasteiger partial charge in [0.1, 0.15) is 60.4 Å². The summed E-state index contributed by atoms with van der Waals surface area (Å²) in [6.45, 7) is 12.8. The first-order valence-electron chi connectivity index (χ1n) is 27.4. The van der Waals surface area contributed by atoms with Gasteiger partial charge in [0.15, 0.2) is 5.96 Å². The lowest BCUT2D eigenvalue weighted by Gasteiger charge is -2.32. The Bertz CT molecular complexity index is 2190. The number of unbranched alkanes of at least 4 members (excludes halogenated alkanes) is 1. The summed E-state index contributed by atoms with van der Waals surface area (Å²) in [4.78, 5) is 165.